The molecule has 0 aliphatic rings. The number of halogens is 2. The predicted molar refractivity (Wildman–Crippen MR) is 88.9 cm³/mol. The number of carbonyl (C=O) groups excluding carboxylic acids is 1. The zero-order valence-corrected chi connectivity index (χ0v) is 14.1. The number of Topliss-reactive ketones (excluding diaryl/α,β-unsaturated/α-hetero) is 1. The monoisotopic (exact) mass is 381 g/mol. The molecule has 1 aromatic carbocycles. The number of ketones is 1. The Morgan fingerprint density at radius 3 is 2.71 bits per heavy atom. The molecule has 0 amide bonds. The summed E-state index contributed by atoms with van der Waals surface area (Å²) in [6.45, 7) is 1.53. The van der Waals surface area contributed by atoms with Crippen LogP contribution in [-0.2, 0) is 0 Å². The minimum Gasteiger partial charge on any atom is -0.455 e. The summed E-state index contributed by atoms with van der Waals surface area (Å²) in [7, 11) is 0. The number of benzene rings is 1. The van der Waals surface area contributed by atoms with Crippen molar-refractivity contribution in [3.63, 3.8) is 0 Å². The lowest BCUT2D eigenvalue weighted by Gasteiger charge is -2.07. The molecule has 0 spiro atoms. The largest absolute Gasteiger partial charge is 0.455 e. The summed E-state index contributed by atoms with van der Waals surface area (Å²) >= 11 is 10.8. The number of thiophene rings is 1. The van der Waals surface area contributed by atoms with E-state index in [2.05, 4.69) is 20.9 Å². The summed E-state index contributed by atoms with van der Waals surface area (Å²) < 4.78 is 7.58. The Balaban J connectivity index is 2.07. The lowest BCUT2D eigenvalue weighted by Crippen LogP contribution is -1.87. The fraction of sp³-hybridized carbons (Fsp3) is 0.0667. The number of fused-ring (bicyclic) bond motifs is 1. The molecule has 3 aromatic rings. The van der Waals surface area contributed by atoms with Gasteiger partial charge in [0.15, 0.2) is 11.5 Å². The van der Waals surface area contributed by atoms with Crippen LogP contribution in [0.5, 0.6) is 11.5 Å². The molecule has 0 radical (unpaired) electrons. The molecule has 0 saturated carbocycles. The van der Waals surface area contributed by atoms with Crippen LogP contribution in [0.3, 0.4) is 0 Å². The quantitative estimate of drug-likeness (QED) is 0.430. The normalized spacial score (nSPS) is 10.8. The van der Waals surface area contributed by atoms with Crippen LogP contribution >= 0.6 is 38.9 Å². The highest BCUT2D eigenvalue weighted by Gasteiger charge is 2.14. The number of ether oxygens (including phenoxy) is 1. The first-order valence-electron chi connectivity index (χ1n) is 6.07. The van der Waals surface area contributed by atoms with Gasteiger partial charge in [0.2, 0.25) is 0 Å². The predicted octanol–water partition coefficient (Wildman–Crippen LogP) is 5.71. The number of hydrogen-bond donors (Lipinski definition) is 0. The van der Waals surface area contributed by atoms with Gasteiger partial charge in [-0.2, -0.15) is 0 Å². The molecular formula is C15H9BrClNO2S. The van der Waals surface area contributed by atoms with Crippen LogP contribution in [0.4, 0.5) is 0 Å². The summed E-state index contributed by atoms with van der Waals surface area (Å²) in [5.41, 5.74) is 0. The zero-order chi connectivity index (χ0) is 15.0. The third kappa shape index (κ3) is 2.95. The molecule has 0 atom stereocenters. The lowest BCUT2D eigenvalue weighted by molar-refractivity contribution is 0.102. The second-order valence-electron chi connectivity index (χ2n) is 4.38. The Hall–Kier alpha value is -1.43. The minimum absolute atomic E-state index is 0.00172. The molecule has 6 heteroatoms. The van der Waals surface area contributed by atoms with Gasteiger partial charge in [-0.1, -0.05) is 27.5 Å². The first-order chi connectivity index (χ1) is 10.0. The van der Waals surface area contributed by atoms with Gasteiger partial charge >= 0.3 is 0 Å². The zero-order valence-electron chi connectivity index (χ0n) is 10.9. The minimum atomic E-state index is 0.00172. The molecule has 2 aromatic heterocycles. The molecule has 3 nitrogen and oxygen atoms in total. The van der Waals surface area contributed by atoms with E-state index in [4.69, 9.17) is 16.3 Å². The van der Waals surface area contributed by atoms with Crippen molar-refractivity contribution in [2.45, 2.75) is 6.92 Å². The Morgan fingerprint density at radius 2 is 2.05 bits per heavy atom. The van der Waals surface area contributed by atoms with Crippen molar-refractivity contribution in [1.82, 2.24) is 4.98 Å². The highest BCUT2D eigenvalue weighted by atomic mass is 79.9. The summed E-state index contributed by atoms with van der Waals surface area (Å²) in [4.78, 5) is 16.3. The van der Waals surface area contributed by atoms with Crippen molar-refractivity contribution in [3.05, 3.63) is 51.0 Å². The molecule has 2 heterocycles. The van der Waals surface area contributed by atoms with Crippen LogP contribution in [0.15, 0.2) is 41.0 Å². The summed E-state index contributed by atoms with van der Waals surface area (Å²) in [5, 5.41) is 1.18. The number of hydrogen-bond acceptors (Lipinski definition) is 4. The number of aromatic nitrogens is 1. The van der Waals surface area contributed by atoms with Gasteiger partial charge in [0.25, 0.3) is 0 Å². The van der Waals surface area contributed by atoms with Gasteiger partial charge in [-0.05, 0) is 37.3 Å². The average molecular weight is 383 g/mol. The molecule has 21 heavy (non-hydrogen) atoms. The van der Waals surface area contributed by atoms with E-state index in [9.17, 15) is 4.79 Å². The van der Waals surface area contributed by atoms with Crippen molar-refractivity contribution in [3.8, 4) is 11.5 Å². The Bertz CT molecular complexity index is 830. The van der Waals surface area contributed by atoms with Crippen LogP contribution < -0.4 is 4.74 Å². The van der Waals surface area contributed by atoms with Crippen LogP contribution in [0.2, 0.25) is 5.15 Å². The second-order valence-corrected chi connectivity index (χ2v) is 6.70. The van der Waals surface area contributed by atoms with Crippen LogP contribution in [0, 0.1) is 0 Å². The summed E-state index contributed by atoms with van der Waals surface area (Å²) in [6.07, 6.45) is 1.57. The maximum absolute atomic E-state index is 11.5. The Kier molecular flexibility index (Phi) is 3.97. The molecule has 0 bridgehead atoms. The third-order valence-corrected chi connectivity index (χ3v) is 5.04. The summed E-state index contributed by atoms with van der Waals surface area (Å²) in [5.74, 6) is 1.28. The molecule has 0 saturated heterocycles. The molecule has 3 rings (SSSR count). The van der Waals surface area contributed by atoms with Gasteiger partial charge in [-0.25, -0.2) is 4.98 Å². The third-order valence-electron chi connectivity index (χ3n) is 2.87. The Labute approximate surface area is 138 Å². The summed E-state index contributed by atoms with van der Waals surface area (Å²) in [6, 6.07) is 9.28. The SMILES string of the molecule is CC(=O)c1cc2c(Oc3ccc(Br)cc3)cnc(Cl)c2s1. The average Bonchev–Trinajstić information content (AvgIpc) is 2.91. The highest BCUT2D eigenvalue weighted by molar-refractivity contribution is 9.10. The molecule has 0 fully saturated rings. The van der Waals surface area contributed by atoms with E-state index in [-0.39, 0.29) is 5.78 Å². The topological polar surface area (TPSA) is 39.2 Å². The highest BCUT2D eigenvalue weighted by Crippen LogP contribution is 2.38. The number of rotatable bonds is 3. The molecule has 0 aliphatic carbocycles. The van der Waals surface area contributed by atoms with E-state index < -0.39 is 0 Å². The van der Waals surface area contributed by atoms with Gasteiger partial charge in [0.1, 0.15) is 10.9 Å². The van der Waals surface area contributed by atoms with E-state index in [0.717, 1.165) is 14.6 Å². The molecule has 0 N–H and O–H groups in total. The van der Waals surface area contributed by atoms with Crippen LogP contribution in [0.25, 0.3) is 10.1 Å². The second kappa shape index (κ2) is 5.75. The smallest absolute Gasteiger partial charge is 0.169 e. The first kappa shape index (κ1) is 14.5. The number of carbonyl (C=O) groups is 1. The molecule has 0 unspecified atom stereocenters. The standard InChI is InChI=1S/C15H9BrClNO2S/c1-8(19)13-6-11-12(7-18-15(17)14(11)21-13)20-10-4-2-9(16)3-5-10/h2-7H,1H3. The Morgan fingerprint density at radius 1 is 1.33 bits per heavy atom. The maximum atomic E-state index is 11.5. The van der Waals surface area contributed by atoms with E-state index >= 15 is 0 Å². The van der Waals surface area contributed by atoms with Crippen molar-refractivity contribution in [2.75, 3.05) is 0 Å². The van der Waals surface area contributed by atoms with Crippen LogP contribution in [0.1, 0.15) is 16.6 Å². The number of pyridine rings is 1. The molecular weight excluding hydrogens is 374 g/mol. The van der Waals surface area contributed by atoms with Gasteiger partial charge in [0.05, 0.1) is 15.8 Å². The van der Waals surface area contributed by atoms with Gasteiger partial charge in [-0.3, -0.25) is 4.79 Å². The van der Waals surface area contributed by atoms with Crippen molar-refractivity contribution < 1.29 is 9.53 Å². The van der Waals surface area contributed by atoms with Gasteiger partial charge in [-0.15, -0.1) is 11.3 Å². The fourth-order valence-corrected chi connectivity index (χ4v) is 3.33. The van der Waals surface area contributed by atoms with Crippen LogP contribution in [-0.4, -0.2) is 10.8 Å². The van der Waals surface area contributed by atoms with Gasteiger partial charge < -0.3 is 4.74 Å². The van der Waals surface area contributed by atoms with Crippen molar-refractivity contribution in [2.24, 2.45) is 0 Å². The lowest BCUT2D eigenvalue weighted by atomic mass is 10.2. The maximum Gasteiger partial charge on any atom is 0.169 e. The van der Waals surface area contributed by atoms with E-state index in [1.807, 2.05) is 24.3 Å². The molecule has 0 aliphatic heterocycles. The van der Waals surface area contributed by atoms with E-state index in [1.165, 1.54) is 18.3 Å². The van der Waals surface area contributed by atoms with Gasteiger partial charge in [0, 0.05) is 9.86 Å². The molecule has 106 valence electrons. The van der Waals surface area contributed by atoms with Crippen molar-refractivity contribution >= 4 is 54.7 Å². The van der Waals surface area contributed by atoms with E-state index in [0.29, 0.717) is 21.5 Å². The fourth-order valence-electron chi connectivity index (χ4n) is 1.86. The first-order valence-corrected chi connectivity index (χ1v) is 8.06. The van der Waals surface area contributed by atoms with E-state index in [1.54, 1.807) is 12.3 Å². The van der Waals surface area contributed by atoms with Crippen molar-refractivity contribution in [1.29, 1.82) is 0 Å². The number of nitrogens with zero attached hydrogens (tertiary/aromatic N) is 1.